The topological polar surface area (TPSA) is 0 Å². The lowest BCUT2D eigenvalue weighted by Gasteiger charge is -2.16. The molecule has 0 radical (unpaired) electrons. The summed E-state index contributed by atoms with van der Waals surface area (Å²) in [7, 11) is 0. The summed E-state index contributed by atoms with van der Waals surface area (Å²) in [6, 6.07) is 13.4. The van der Waals surface area contributed by atoms with Crippen molar-refractivity contribution in [2.45, 2.75) is 25.4 Å². The summed E-state index contributed by atoms with van der Waals surface area (Å²) in [5, 5.41) is 0. The molecule has 21 heavy (non-hydrogen) atoms. The molecule has 4 heteroatoms. The summed E-state index contributed by atoms with van der Waals surface area (Å²) in [4.78, 5) is 0. The number of alkyl halides is 4. The molecule has 0 bridgehead atoms. The first-order chi connectivity index (χ1) is 9.90. The maximum atomic E-state index is 12.7. The third-order valence-electron chi connectivity index (χ3n) is 3.47. The van der Waals surface area contributed by atoms with Crippen LogP contribution in [0, 0.1) is 6.92 Å². The molecule has 0 fully saturated rings. The van der Waals surface area contributed by atoms with Gasteiger partial charge in [0.25, 0.3) is 0 Å². The standard InChI is InChI=1S/C17H16ClF3/c1-12-5-7-14(8-6-12)15(11-18)9-13-3-2-4-16(10-13)17(19,20)21/h2-8,10,15H,9,11H2,1H3. The van der Waals surface area contributed by atoms with E-state index in [1.807, 2.05) is 31.2 Å². The van der Waals surface area contributed by atoms with E-state index in [2.05, 4.69) is 0 Å². The van der Waals surface area contributed by atoms with Crippen molar-refractivity contribution in [3.05, 3.63) is 70.8 Å². The summed E-state index contributed by atoms with van der Waals surface area (Å²) in [5.41, 5.74) is 2.23. The third-order valence-corrected chi connectivity index (χ3v) is 3.84. The van der Waals surface area contributed by atoms with Crippen LogP contribution in [0.3, 0.4) is 0 Å². The number of hydrogen-bond donors (Lipinski definition) is 0. The zero-order valence-corrected chi connectivity index (χ0v) is 12.4. The van der Waals surface area contributed by atoms with Crippen LogP contribution in [0.25, 0.3) is 0 Å². The van der Waals surface area contributed by atoms with E-state index in [4.69, 9.17) is 11.6 Å². The first kappa shape index (κ1) is 15.9. The number of halogens is 4. The fraction of sp³-hybridized carbons (Fsp3) is 0.294. The van der Waals surface area contributed by atoms with Crippen molar-refractivity contribution in [3.63, 3.8) is 0 Å². The zero-order valence-electron chi connectivity index (χ0n) is 11.6. The Morgan fingerprint density at radius 1 is 1.05 bits per heavy atom. The van der Waals surface area contributed by atoms with E-state index in [-0.39, 0.29) is 5.92 Å². The molecule has 0 saturated heterocycles. The quantitative estimate of drug-likeness (QED) is 0.647. The molecule has 0 aliphatic rings. The van der Waals surface area contributed by atoms with E-state index in [9.17, 15) is 13.2 Å². The number of aryl methyl sites for hydroxylation is 1. The van der Waals surface area contributed by atoms with Crippen LogP contribution in [0.4, 0.5) is 13.2 Å². The molecule has 0 N–H and O–H groups in total. The lowest BCUT2D eigenvalue weighted by atomic mass is 9.92. The van der Waals surface area contributed by atoms with Gasteiger partial charge in [0.2, 0.25) is 0 Å². The highest BCUT2D eigenvalue weighted by Gasteiger charge is 2.30. The Bertz CT molecular complexity index is 588. The van der Waals surface area contributed by atoms with Gasteiger partial charge in [-0.1, -0.05) is 48.0 Å². The van der Waals surface area contributed by atoms with Gasteiger partial charge in [0.1, 0.15) is 0 Å². The molecule has 2 aromatic carbocycles. The Balaban J connectivity index is 2.21. The first-order valence-electron chi connectivity index (χ1n) is 6.69. The molecule has 0 aromatic heterocycles. The van der Waals surface area contributed by atoms with Crippen molar-refractivity contribution in [3.8, 4) is 0 Å². The largest absolute Gasteiger partial charge is 0.416 e. The molecule has 1 atom stereocenters. The molecule has 0 nitrogen and oxygen atoms in total. The molecular formula is C17H16ClF3. The van der Waals surface area contributed by atoms with Gasteiger partial charge < -0.3 is 0 Å². The highest BCUT2D eigenvalue weighted by molar-refractivity contribution is 6.18. The van der Waals surface area contributed by atoms with Gasteiger partial charge in [0.15, 0.2) is 0 Å². The van der Waals surface area contributed by atoms with Gasteiger partial charge in [-0.25, -0.2) is 0 Å². The van der Waals surface area contributed by atoms with Gasteiger partial charge in [-0.2, -0.15) is 13.2 Å². The first-order valence-corrected chi connectivity index (χ1v) is 7.22. The fourth-order valence-electron chi connectivity index (χ4n) is 2.26. The van der Waals surface area contributed by atoms with Crippen molar-refractivity contribution in [2.75, 3.05) is 5.88 Å². The summed E-state index contributed by atoms with van der Waals surface area (Å²) < 4.78 is 38.2. The molecule has 1 unspecified atom stereocenters. The lowest BCUT2D eigenvalue weighted by molar-refractivity contribution is -0.137. The fourth-order valence-corrected chi connectivity index (χ4v) is 2.55. The minimum absolute atomic E-state index is 0.00995. The number of benzene rings is 2. The summed E-state index contributed by atoms with van der Waals surface area (Å²) >= 11 is 6.00. The van der Waals surface area contributed by atoms with Gasteiger partial charge >= 0.3 is 6.18 Å². The normalized spacial score (nSPS) is 13.2. The van der Waals surface area contributed by atoms with Crippen LogP contribution in [-0.2, 0) is 12.6 Å². The van der Waals surface area contributed by atoms with E-state index >= 15 is 0 Å². The lowest BCUT2D eigenvalue weighted by Crippen LogP contribution is -2.08. The third kappa shape index (κ3) is 4.24. The Morgan fingerprint density at radius 2 is 1.71 bits per heavy atom. The summed E-state index contributed by atoms with van der Waals surface area (Å²) in [6.07, 6.45) is -3.81. The smallest absolute Gasteiger partial charge is 0.166 e. The number of hydrogen-bond acceptors (Lipinski definition) is 0. The molecular weight excluding hydrogens is 297 g/mol. The van der Waals surface area contributed by atoms with Gasteiger partial charge in [-0.05, 0) is 30.5 Å². The van der Waals surface area contributed by atoms with Crippen LogP contribution in [0.15, 0.2) is 48.5 Å². The maximum absolute atomic E-state index is 12.7. The average molecular weight is 313 g/mol. The van der Waals surface area contributed by atoms with Crippen LogP contribution in [0.5, 0.6) is 0 Å². The van der Waals surface area contributed by atoms with Crippen LogP contribution < -0.4 is 0 Å². The highest BCUT2D eigenvalue weighted by Crippen LogP contribution is 2.31. The van der Waals surface area contributed by atoms with Crippen LogP contribution in [-0.4, -0.2) is 5.88 Å². The molecule has 2 aromatic rings. The Hall–Kier alpha value is -1.48. The predicted octanol–water partition coefficient (Wildman–Crippen LogP) is 5.58. The monoisotopic (exact) mass is 312 g/mol. The van der Waals surface area contributed by atoms with Crippen LogP contribution in [0.1, 0.15) is 28.2 Å². The van der Waals surface area contributed by atoms with E-state index in [0.717, 1.165) is 17.2 Å². The van der Waals surface area contributed by atoms with Crippen molar-refractivity contribution < 1.29 is 13.2 Å². The van der Waals surface area contributed by atoms with E-state index in [1.165, 1.54) is 12.1 Å². The molecule has 2 rings (SSSR count). The molecule has 0 amide bonds. The van der Waals surface area contributed by atoms with Crippen molar-refractivity contribution in [1.82, 2.24) is 0 Å². The SMILES string of the molecule is Cc1ccc(C(CCl)Cc2cccc(C(F)(F)F)c2)cc1. The second kappa shape index (κ2) is 6.52. The molecule has 0 saturated carbocycles. The Kier molecular flexibility index (Phi) is 4.94. The molecule has 0 spiro atoms. The van der Waals surface area contributed by atoms with Gasteiger partial charge in [-0.3, -0.25) is 0 Å². The Labute approximate surface area is 127 Å². The van der Waals surface area contributed by atoms with Gasteiger partial charge in [0, 0.05) is 11.8 Å². The second-order valence-corrected chi connectivity index (χ2v) is 5.47. The predicted molar refractivity (Wildman–Crippen MR) is 79.8 cm³/mol. The maximum Gasteiger partial charge on any atom is 0.416 e. The second-order valence-electron chi connectivity index (χ2n) is 5.16. The molecule has 0 aliphatic carbocycles. The molecule has 0 aliphatic heterocycles. The summed E-state index contributed by atoms with van der Waals surface area (Å²) in [5.74, 6) is 0.384. The molecule has 0 heterocycles. The average Bonchev–Trinajstić information content (AvgIpc) is 2.45. The minimum atomic E-state index is -4.31. The van der Waals surface area contributed by atoms with Crippen molar-refractivity contribution in [1.29, 1.82) is 0 Å². The zero-order chi connectivity index (χ0) is 15.5. The Morgan fingerprint density at radius 3 is 2.29 bits per heavy atom. The minimum Gasteiger partial charge on any atom is -0.166 e. The van der Waals surface area contributed by atoms with Crippen molar-refractivity contribution in [2.24, 2.45) is 0 Å². The van der Waals surface area contributed by atoms with Crippen LogP contribution >= 0.6 is 11.6 Å². The van der Waals surface area contributed by atoms with Gasteiger partial charge in [-0.15, -0.1) is 11.6 Å². The molecule has 112 valence electrons. The van der Waals surface area contributed by atoms with Gasteiger partial charge in [0.05, 0.1) is 5.56 Å². The summed E-state index contributed by atoms with van der Waals surface area (Å²) in [6.45, 7) is 1.99. The van der Waals surface area contributed by atoms with E-state index < -0.39 is 11.7 Å². The van der Waals surface area contributed by atoms with E-state index in [0.29, 0.717) is 17.9 Å². The van der Waals surface area contributed by atoms with Crippen LogP contribution in [0.2, 0.25) is 0 Å². The number of rotatable bonds is 4. The highest BCUT2D eigenvalue weighted by atomic mass is 35.5. The van der Waals surface area contributed by atoms with Crippen molar-refractivity contribution >= 4 is 11.6 Å². The van der Waals surface area contributed by atoms with E-state index in [1.54, 1.807) is 6.07 Å².